The summed E-state index contributed by atoms with van der Waals surface area (Å²) in [6, 6.07) is 5.37. The summed E-state index contributed by atoms with van der Waals surface area (Å²) in [6.07, 6.45) is 9.13. The molecule has 0 radical (unpaired) electrons. The predicted molar refractivity (Wildman–Crippen MR) is 160 cm³/mol. The van der Waals surface area contributed by atoms with E-state index in [0.717, 1.165) is 30.5 Å². The van der Waals surface area contributed by atoms with Gasteiger partial charge in [-0.05, 0) is 49.5 Å². The minimum absolute atomic E-state index is 0.109. The lowest BCUT2D eigenvalue weighted by molar-refractivity contribution is -0.122. The zero-order chi connectivity index (χ0) is 29.4. The highest BCUT2D eigenvalue weighted by Gasteiger charge is 2.24. The summed E-state index contributed by atoms with van der Waals surface area (Å²) in [4.78, 5) is 26.9. The first kappa shape index (κ1) is 39.7. The molecule has 1 aliphatic heterocycles. The number of nitrogens with one attached hydrogen (secondary N) is 1. The number of phenols is 1. The summed E-state index contributed by atoms with van der Waals surface area (Å²) in [5.41, 5.74) is 3.72. The van der Waals surface area contributed by atoms with Crippen molar-refractivity contribution < 1.29 is 19.5 Å². The molecule has 1 aliphatic rings. The highest BCUT2D eigenvalue weighted by Crippen LogP contribution is 2.22. The van der Waals surface area contributed by atoms with Crippen molar-refractivity contribution in [2.45, 2.75) is 121 Å². The molecule has 1 heterocycles. The second-order valence-corrected chi connectivity index (χ2v) is 9.62. The molecule has 0 fully saturated rings. The predicted octanol–water partition coefficient (Wildman–Crippen LogP) is 9.11. The van der Waals surface area contributed by atoms with Crippen molar-refractivity contribution in [2.75, 3.05) is 0 Å². The van der Waals surface area contributed by atoms with Gasteiger partial charge in [0.25, 0.3) is 0 Å². The van der Waals surface area contributed by atoms with Crippen LogP contribution in [0.1, 0.15) is 114 Å². The van der Waals surface area contributed by atoms with Crippen LogP contribution in [0.4, 0.5) is 0 Å². The highest BCUT2D eigenvalue weighted by atomic mass is 35.5. The van der Waals surface area contributed by atoms with E-state index in [2.05, 4.69) is 26.3 Å². The monoisotopic (exact) mass is 541 g/mol. The van der Waals surface area contributed by atoms with Gasteiger partial charge < -0.3 is 14.7 Å². The third kappa shape index (κ3) is 19.9. The SMILES string of the molecule is CC.CC1C=C(C(C=O)C(C)C)ON1.CCC.CCCCC(C)C(=O)CC.CCc1ccc(Cl)cc1O. The molecule has 0 aliphatic carbocycles. The van der Waals surface area contributed by atoms with E-state index < -0.39 is 0 Å². The van der Waals surface area contributed by atoms with Crippen LogP contribution in [0, 0.1) is 17.8 Å². The lowest BCUT2D eigenvalue weighted by Crippen LogP contribution is -2.18. The number of ketones is 1. The van der Waals surface area contributed by atoms with E-state index in [1.165, 1.54) is 19.3 Å². The number of unbranched alkanes of at least 4 members (excludes halogenated alkanes) is 1. The average Bonchev–Trinajstić information content (AvgIpc) is 3.30. The fourth-order valence-corrected chi connectivity index (χ4v) is 3.23. The normalized spacial score (nSPS) is 14.9. The number of benzene rings is 1. The summed E-state index contributed by atoms with van der Waals surface area (Å²) in [6.45, 7) is 22.4. The third-order valence-corrected chi connectivity index (χ3v) is 5.52. The van der Waals surface area contributed by atoms with Crippen molar-refractivity contribution in [3.05, 3.63) is 40.6 Å². The topological polar surface area (TPSA) is 75.6 Å². The zero-order valence-corrected chi connectivity index (χ0v) is 26.2. The van der Waals surface area contributed by atoms with Crippen LogP contribution < -0.4 is 5.48 Å². The summed E-state index contributed by atoms with van der Waals surface area (Å²) in [5.74, 6) is 1.93. The number of carbonyl (C=O) groups excluding carboxylic acids is 2. The fourth-order valence-electron chi connectivity index (χ4n) is 3.06. The second kappa shape index (κ2) is 25.8. The van der Waals surface area contributed by atoms with Crippen molar-refractivity contribution in [1.29, 1.82) is 0 Å². The molecule has 1 aromatic rings. The maximum atomic E-state index is 11.0. The Bertz CT molecular complexity index is 734. The number of halogens is 1. The lowest BCUT2D eigenvalue weighted by atomic mass is 9.95. The van der Waals surface area contributed by atoms with Gasteiger partial charge in [0, 0.05) is 17.4 Å². The number of hydrogen-bond acceptors (Lipinski definition) is 5. The molecule has 0 saturated heterocycles. The van der Waals surface area contributed by atoms with Gasteiger partial charge in [-0.3, -0.25) is 4.79 Å². The zero-order valence-electron chi connectivity index (χ0n) is 25.5. The van der Waals surface area contributed by atoms with Crippen molar-refractivity contribution in [3.8, 4) is 5.75 Å². The molecule has 2 N–H and O–H groups in total. The van der Waals surface area contributed by atoms with Gasteiger partial charge in [0.2, 0.25) is 0 Å². The van der Waals surface area contributed by atoms with Crippen LogP contribution in [0.2, 0.25) is 5.02 Å². The molecule has 1 aromatic carbocycles. The molecule has 0 amide bonds. The molecule has 0 saturated carbocycles. The van der Waals surface area contributed by atoms with Crippen LogP contribution in [0.25, 0.3) is 0 Å². The number of rotatable bonds is 9. The minimum atomic E-state index is -0.109. The summed E-state index contributed by atoms with van der Waals surface area (Å²) in [7, 11) is 0. The highest BCUT2D eigenvalue weighted by molar-refractivity contribution is 6.30. The molecule has 37 heavy (non-hydrogen) atoms. The van der Waals surface area contributed by atoms with Crippen LogP contribution in [-0.4, -0.2) is 23.2 Å². The first-order valence-electron chi connectivity index (χ1n) is 14.1. The quantitative estimate of drug-likeness (QED) is 0.305. The maximum absolute atomic E-state index is 11.0. The van der Waals surface area contributed by atoms with Gasteiger partial charge in [0.1, 0.15) is 23.6 Å². The van der Waals surface area contributed by atoms with E-state index in [9.17, 15) is 14.7 Å². The van der Waals surface area contributed by atoms with Gasteiger partial charge in [-0.25, -0.2) is 0 Å². The maximum Gasteiger partial charge on any atom is 0.135 e. The number of allylic oxidation sites excluding steroid dienone is 1. The largest absolute Gasteiger partial charge is 0.508 e. The van der Waals surface area contributed by atoms with Gasteiger partial charge in [0.15, 0.2) is 0 Å². The van der Waals surface area contributed by atoms with Gasteiger partial charge in [-0.1, -0.05) is 106 Å². The van der Waals surface area contributed by atoms with E-state index in [1.807, 2.05) is 67.5 Å². The molecule has 2 rings (SSSR count). The number of aryl methyl sites for hydroxylation is 1. The summed E-state index contributed by atoms with van der Waals surface area (Å²) in [5, 5.41) is 9.79. The molecule has 0 spiro atoms. The molecule has 3 atom stereocenters. The van der Waals surface area contributed by atoms with Gasteiger partial charge in [-0.15, -0.1) is 0 Å². The molecule has 5 nitrogen and oxygen atoms in total. The van der Waals surface area contributed by atoms with Crippen LogP contribution in [-0.2, 0) is 20.8 Å². The van der Waals surface area contributed by atoms with Crippen molar-refractivity contribution in [1.82, 2.24) is 5.48 Å². The molecule has 216 valence electrons. The van der Waals surface area contributed by atoms with Crippen LogP contribution in [0.15, 0.2) is 30.0 Å². The van der Waals surface area contributed by atoms with Gasteiger partial charge in [-0.2, -0.15) is 5.48 Å². The Hall–Kier alpha value is -1.85. The molecule has 0 aromatic heterocycles. The average molecular weight is 542 g/mol. The Morgan fingerprint density at radius 2 is 1.70 bits per heavy atom. The second-order valence-electron chi connectivity index (χ2n) is 9.18. The molecular weight excluding hydrogens is 486 g/mol. The number of aromatic hydroxyl groups is 1. The Morgan fingerprint density at radius 3 is 2.05 bits per heavy atom. The Morgan fingerprint density at radius 1 is 1.14 bits per heavy atom. The van der Waals surface area contributed by atoms with E-state index in [1.54, 1.807) is 12.1 Å². The molecule has 6 heteroatoms. The van der Waals surface area contributed by atoms with Crippen LogP contribution in [0.5, 0.6) is 5.75 Å². The number of phenolic OH excluding ortho intramolecular Hbond substituents is 1. The van der Waals surface area contributed by atoms with Crippen molar-refractivity contribution >= 4 is 23.7 Å². The molecule has 0 bridgehead atoms. The Balaban J connectivity index is -0.000000432. The van der Waals surface area contributed by atoms with Crippen molar-refractivity contribution in [2.24, 2.45) is 17.8 Å². The molecule has 3 unspecified atom stereocenters. The van der Waals surface area contributed by atoms with E-state index in [4.69, 9.17) is 16.4 Å². The van der Waals surface area contributed by atoms with Gasteiger partial charge in [0.05, 0.1) is 12.0 Å². The summed E-state index contributed by atoms with van der Waals surface area (Å²) >= 11 is 5.61. The first-order valence-corrected chi connectivity index (χ1v) is 14.5. The van der Waals surface area contributed by atoms with E-state index >= 15 is 0 Å². The third-order valence-electron chi connectivity index (χ3n) is 5.29. The number of hydroxylamine groups is 1. The minimum Gasteiger partial charge on any atom is -0.508 e. The number of hydrogen-bond donors (Lipinski definition) is 2. The fraction of sp³-hybridized carbons (Fsp3) is 0.677. The molecular formula is C31H56ClNO4. The van der Waals surface area contributed by atoms with E-state index in [0.29, 0.717) is 29.1 Å². The Labute approximate surface area is 233 Å². The number of aldehydes is 1. The lowest BCUT2D eigenvalue weighted by Gasteiger charge is -2.13. The Kier molecular flexibility index (Phi) is 27.6. The van der Waals surface area contributed by atoms with Crippen LogP contribution in [0.3, 0.4) is 0 Å². The van der Waals surface area contributed by atoms with Crippen molar-refractivity contribution in [3.63, 3.8) is 0 Å². The van der Waals surface area contributed by atoms with Crippen LogP contribution >= 0.6 is 11.6 Å². The number of Topliss-reactive ketones (excluding diaryl/α,β-unsaturated/α-hetero) is 1. The first-order chi connectivity index (χ1) is 17.5. The number of carbonyl (C=O) groups is 2. The summed E-state index contributed by atoms with van der Waals surface area (Å²) < 4.78 is 0. The smallest absolute Gasteiger partial charge is 0.135 e. The standard InChI is InChI=1S/C9H15NO2.C9H18O.C8H9ClO.C3H8.C2H6/c1-6(2)8(5-11)9-4-7(3)10-12-9;1-4-6-7-8(3)9(10)5-2;1-2-6-3-4-7(9)5-8(6)10;1-3-2;1-2/h4-8,10H,1-3H3;8H,4-7H2,1-3H3;3-5,10H,2H2,1H3;3H2,1-2H3;1-2H3. The van der Waals surface area contributed by atoms with E-state index in [-0.39, 0.29) is 17.7 Å². The van der Waals surface area contributed by atoms with Gasteiger partial charge >= 0.3 is 0 Å².